The maximum atomic E-state index is 12.2. The average Bonchev–Trinajstić information content (AvgIpc) is 2.49. The number of carbonyl (C=O) groups is 2. The second-order valence-electron chi connectivity index (χ2n) is 5.52. The van der Waals surface area contributed by atoms with Crippen LogP contribution in [-0.4, -0.2) is 17.9 Å². The van der Waals surface area contributed by atoms with Crippen molar-refractivity contribution in [2.75, 3.05) is 10.6 Å². The number of ether oxygens (including phenoxy) is 1. The molecule has 2 amide bonds. The summed E-state index contributed by atoms with van der Waals surface area (Å²) in [4.78, 5) is 23.2. The van der Waals surface area contributed by atoms with Crippen LogP contribution in [0, 0.1) is 0 Å². The van der Waals surface area contributed by atoms with Crippen molar-refractivity contribution in [3.63, 3.8) is 0 Å². The van der Waals surface area contributed by atoms with Crippen molar-refractivity contribution < 1.29 is 14.3 Å². The molecule has 0 fully saturated rings. The van der Waals surface area contributed by atoms with Gasteiger partial charge in [0.1, 0.15) is 5.75 Å². The lowest BCUT2D eigenvalue weighted by atomic mass is 10.2. The van der Waals surface area contributed by atoms with Gasteiger partial charge in [0, 0.05) is 23.9 Å². The van der Waals surface area contributed by atoms with E-state index in [2.05, 4.69) is 10.6 Å². The highest BCUT2D eigenvalue weighted by Crippen LogP contribution is 2.28. The van der Waals surface area contributed by atoms with E-state index in [0.29, 0.717) is 27.7 Å². The molecule has 0 bridgehead atoms. The van der Waals surface area contributed by atoms with Crippen LogP contribution in [0.25, 0.3) is 0 Å². The van der Waals surface area contributed by atoms with Gasteiger partial charge in [0.05, 0.1) is 11.1 Å². The first-order valence-electron chi connectivity index (χ1n) is 7.50. The van der Waals surface area contributed by atoms with Crippen LogP contribution in [-0.2, 0) is 4.79 Å². The average molecular weight is 347 g/mol. The van der Waals surface area contributed by atoms with Crippen LogP contribution >= 0.6 is 11.6 Å². The van der Waals surface area contributed by atoms with Crippen molar-refractivity contribution in [3.8, 4) is 5.75 Å². The standard InChI is InChI=1S/C18H19ClN2O3/c1-11(2)24-17-9-8-15(10-16(17)19)21-18(23)13-4-6-14(7-5-13)20-12(3)22/h4-11H,1-3H3,(H,20,22)(H,21,23). The van der Waals surface area contributed by atoms with Crippen LogP contribution in [0.4, 0.5) is 11.4 Å². The minimum Gasteiger partial charge on any atom is -0.489 e. The lowest BCUT2D eigenvalue weighted by Gasteiger charge is -2.13. The Bertz CT molecular complexity index is 742. The van der Waals surface area contributed by atoms with Crippen molar-refractivity contribution in [1.29, 1.82) is 0 Å². The molecule has 0 aliphatic heterocycles. The number of carbonyl (C=O) groups excluding carboxylic acids is 2. The second kappa shape index (κ2) is 7.84. The first-order valence-corrected chi connectivity index (χ1v) is 7.88. The van der Waals surface area contributed by atoms with Crippen molar-refractivity contribution >= 4 is 34.8 Å². The molecule has 2 aromatic carbocycles. The summed E-state index contributed by atoms with van der Waals surface area (Å²) in [6, 6.07) is 11.7. The first kappa shape index (κ1) is 17.8. The summed E-state index contributed by atoms with van der Waals surface area (Å²) >= 11 is 6.16. The predicted octanol–water partition coefficient (Wildman–Crippen LogP) is 4.34. The summed E-state index contributed by atoms with van der Waals surface area (Å²) in [7, 11) is 0. The monoisotopic (exact) mass is 346 g/mol. The van der Waals surface area contributed by atoms with Crippen LogP contribution in [0.2, 0.25) is 5.02 Å². The highest BCUT2D eigenvalue weighted by molar-refractivity contribution is 6.32. The minimum absolute atomic E-state index is 0.0186. The Morgan fingerprint density at radius 2 is 1.62 bits per heavy atom. The van der Waals surface area contributed by atoms with Gasteiger partial charge in [-0.3, -0.25) is 9.59 Å². The van der Waals surface area contributed by atoms with Crippen LogP contribution < -0.4 is 15.4 Å². The van der Waals surface area contributed by atoms with E-state index >= 15 is 0 Å². The zero-order valence-corrected chi connectivity index (χ0v) is 14.5. The van der Waals surface area contributed by atoms with E-state index in [4.69, 9.17) is 16.3 Å². The number of hydrogen-bond donors (Lipinski definition) is 2. The molecule has 0 heterocycles. The molecule has 0 saturated carbocycles. The smallest absolute Gasteiger partial charge is 0.255 e. The predicted molar refractivity (Wildman–Crippen MR) is 95.9 cm³/mol. The zero-order chi connectivity index (χ0) is 17.7. The third-order valence-corrected chi connectivity index (χ3v) is 3.32. The van der Waals surface area contributed by atoms with Crippen LogP contribution in [0.1, 0.15) is 31.1 Å². The number of anilines is 2. The molecule has 0 atom stereocenters. The van der Waals surface area contributed by atoms with Crippen molar-refractivity contribution in [2.45, 2.75) is 26.9 Å². The Labute approximate surface area is 146 Å². The summed E-state index contributed by atoms with van der Waals surface area (Å²) in [5.74, 6) is 0.146. The Balaban J connectivity index is 2.06. The number of benzene rings is 2. The molecule has 0 saturated heterocycles. The van der Waals surface area contributed by atoms with Gasteiger partial charge in [-0.1, -0.05) is 11.6 Å². The van der Waals surface area contributed by atoms with E-state index in [-0.39, 0.29) is 17.9 Å². The molecule has 2 aromatic rings. The van der Waals surface area contributed by atoms with Gasteiger partial charge >= 0.3 is 0 Å². The summed E-state index contributed by atoms with van der Waals surface area (Å²) in [6.45, 7) is 5.25. The lowest BCUT2D eigenvalue weighted by molar-refractivity contribution is -0.114. The van der Waals surface area contributed by atoms with Crippen LogP contribution in [0.5, 0.6) is 5.75 Å². The number of rotatable bonds is 5. The zero-order valence-electron chi connectivity index (χ0n) is 13.7. The molecule has 0 spiro atoms. The van der Waals surface area contributed by atoms with Crippen LogP contribution in [0.15, 0.2) is 42.5 Å². The minimum atomic E-state index is -0.266. The molecule has 6 heteroatoms. The number of hydrogen-bond acceptors (Lipinski definition) is 3. The molecule has 0 aliphatic rings. The highest BCUT2D eigenvalue weighted by atomic mass is 35.5. The van der Waals surface area contributed by atoms with E-state index in [1.165, 1.54) is 6.92 Å². The topological polar surface area (TPSA) is 67.4 Å². The summed E-state index contributed by atoms with van der Waals surface area (Å²) < 4.78 is 5.56. The summed E-state index contributed by atoms with van der Waals surface area (Å²) in [5.41, 5.74) is 1.69. The van der Waals surface area contributed by atoms with Gasteiger partial charge in [-0.15, -0.1) is 0 Å². The van der Waals surface area contributed by atoms with E-state index in [1.807, 2.05) is 13.8 Å². The first-order chi connectivity index (χ1) is 11.3. The fourth-order valence-electron chi connectivity index (χ4n) is 2.04. The molecule has 0 radical (unpaired) electrons. The summed E-state index contributed by atoms with van der Waals surface area (Å²) in [5, 5.41) is 5.85. The molecule has 0 aromatic heterocycles. The van der Waals surface area contributed by atoms with Gasteiger partial charge < -0.3 is 15.4 Å². The quantitative estimate of drug-likeness (QED) is 0.846. The molecule has 24 heavy (non-hydrogen) atoms. The maximum Gasteiger partial charge on any atom is 0.255 e. The number of nitrogens with one attached hydrogen (secondary N) is 2. The fraction of sp³-hybridized carbons (Fsp3) is 0.222. The Morgan fingerprint density at radius 1 is 1.00 bits per heavy atom. The van der Waals surface area contributed by atoms with Gasteiger partial charge in [-0.05, 0) is 56.3 Å². The molecule has 126 valence electrons. The number of amides is 2. The van der Waals surface area contributed by atoms with Crippen molar-refractivity contribution in [1.82, 2.24) is 0 Å². The third-order valence-electron chi connectivity index (χ3n) is 3.02. The molecule has 5 nitrogen and oxygen atoms in total. The van der Waals surface area contributed by atoms with Crippen molar-refractivity contribution in [3.05, 3.63) is 53.1 Å². The van der Waals surface area contributed by atoms with Crippen LogP contribution in [0.3, 0.4) is 0 Å². The van der Waals surface area contributed by atoms with Gasteiger partial charge in [0.15, 0.2) is 0 Å². The van der Waals surface area contributed by atoms with Gasteiger partial charge in [0.2, 0.25) is 5.91 Å². The van der Waals surface area contributed by atoms with E-state index in [9.17, 15) is 9.59 Å². The molecular formula is C18H19ClN2O3. The van der Waals surface area contributed by atoms with E-state index < -0.39 is 0 Å². The normalized spacial score (nSPS) is 10.4. The Kier molecular flexibility index (Phi) is 5.82. The number of halogens is 1. The van der Waals surface area contributed by atoms with E-state index in [1.54, 1.807) is 42.5 Å². The van der Waals surface area contributed by atoms with Gasteiger partial charge in [0.25, 0.3) is 5.91 Å². The molecule has 2 rings (SSSR count). The van der Waals surface area contributed by atoms with Gasteiger partial charge in [-0.2, -0.15) is 0 Å². The maximum absolute atomic E-state index is 12.2. The molecule has 0 unspecified atom stereocenters. The Hall–Kier alpha value is -2.53. The molecular weight excluding hydrogens is 328 g/mol. The lowest BCUT2D eigenvalue weighted by Crippen LogP contribution is -2.12. The highest BCUT2D eigenvalue weighted by Gasteiger charge is 2.09. The fourth-order valence-corrected chi connectivity index (χ4v) is 2.26. The molecule has 0 aliphatic carbocycles. The summed E-state index contributed by atoms with van der Waals surface area (Å²) in [6.07, 6.45) is 0.0186. The SMILES string of the molecule is CC(=O)Nc1ccc(C(=O)Nc2ccc(OC(C)C)c(Cl)c2)cc1. The molecule has 2 N–H and O–H groups in total. The van der Waals surface area contributed by atoms with Gasteiger partial charge in [-0.25, -0.2) is 0 Å². The van der Waals surface area contributed by atoms with Crippen molar-refractivity contribution in [2.24, 2.45) is 0 Å². The van der Waals surface area contributed by atoms with E-state index in [0.717, 1.165) is 0 Å². The Morgan fingerprint density at radius 3 is 2.17 bits per heavy atom. The third kappa shape index (κ3) is 4.99. The largest absolute Gasteiger partial charge is 0.489 e. The second-order valence-corrected chi connectivity index (χ2v) is 5.93.